The Hall–Kier alpha value is -4.01. The second-order valence-corrected chi connectivity index (χ2v) is 9.37. The lowest BCUT2D eigenvalue weighted by Crippen LogP contribution is -2.13. The van der Waals surface area contributed by atoms with E-state index in [0.29, 0.717) is 11.3 Å². The number of nitriles is 1. The predicted molar refractivity (Wildman–Crippen MR) is 128 cm³/mol. The fourth-order valence-corrected chi connectivity index (χ4v) is 4.26. The van der Waals surface area contributed by atoms with Crippen molar-refractivity contribution in [3.63, 3.8) is 0 Å². The third-order valence-electron chi connectivity index (χ3n) is 4.48. The third kappa shape index (κ3) is 6.06. The lowest BCUT2D eigenvalue weighted by atomic mass is 10.1. The largest absolute Gasteiger partial charge is 0.378 e. The molecule has 0 aliphatic rings. The SMILES string of the molecule is Cc1ccc(NC(=O)/C(C#N)=C\c2ccc(OS(=O)(=O)c3ccc([N+](=O)[O-])cc3)c(Br)c2)cc1. The first-order valence-corrected chi connectivity index (χ1v) is 11.8. The number of rotatable bonds is 7. The molecule has 0 aromatic heterocycles. The number of aryl methyl sites for hydroxylation is 1. The fraction of sp³-hybridized carbons (Fsp3) is 0.0435. The lowest BCUT2D eigenvalue weighted by Gasteiger charge is -2.09. The van der Waals surface area contributed by atoms with Crippen LogP contribution in [0.25, 0.3) is 6.08 Å². The van der Waals surface area contributed by atoms with Crippen molar-refractivity contribution in [3.8, 4) is 11.8 Å². The first-order chi connectivity index (χ1) is 16.1. The van der Waals surface area contributed by atoms with Crippen LogP contribution in [0.15, 0.2) is 81.7 Å². The number of non-ortho nitro benzene ring substituents is 1. The zero-order valence-electron chi connectivity index (χ0n) is 17.6. The van der Waals surface area contributed by atoms with Crippen molar-refractivity contribution in [2.45, 2.75) is 11.8 Å². The maximum absolute atomic E-state index is 12.5. The molecule has 0 fully saturated rings. The highest BCUT2D eigenvalue weighted by Crippen LogP contribution is 2.30. The molecule has 0 unspecified atom stereocenters. The molecule has 1 N–H and O–H groups in total. The second-order valence-electron chi connectivity index (χ2n) is 6.97. The van der Waals surface area contributed by atoms with Crippen molar-refractivity contribution >= 4 is 49.4 Å². The van der Waals surface area contributed by atoms with Gasteiger partial charge in [-0.3, -0.25) is 14.9 Å². The monoisotopic (exact) mass is 541 g/mol. The zero-order chi connectivity index (χ0) is 24.9. The van der Waals surface area contributed by atoms with Gasteiger partial charge in [0.25, 0.3) is 11.6 Å². The number of nitrogens with zero attached hydrogens (tertiary/aromatic N) is 2. The van der Waals surface area contributed by atoms with E-state index in [4.69, 9.17) is 4.18 Å². The Balaban J connectivity index is 1.78. The van der Waals surface area contributed by atoms with E-state index in [-0.39, 0.29) is 26.4 Å². The van der Waals surface area contributed by atoms with E-state index in [1.54, 1.807) is 12.1 Å². The van der Waals surface area contributed by atoms with Gasteiger partial charge in [0.2, 0.25) is 0 Å². The molecule has 34 heavy (non-hydrogen) atoms. The number of nitro groups is 1. The zero-order valence-corrected chi connectivity index (χ0v) is 20.0. The average Bonchev–Trinajstić information content (AvgIpc) is 2.80. The Morgan fingerprint density at radius 3 is 2.32 bits per heavy atom. The van der Waals surface area contributed by atoms with Gasteiger partial charge >= 0.3 is 10.1 Å². The van der Waals surface area contributed by atoms with Crippen LogP contribution >= 0.6 is 15.9 Å². The minimum absolute atomic E-state index is 0.0434. The summed E-state index contributed by atoms with van der Waals surface area (Å²) in [6.45, 7) is 1.91. The Morgan fingerprint density at radius 2 is 1.76 bits per heavy atom. The van der Waals surface area contributed by atoms with Gasteiger partial charge in [-0.15, -0.1) is 0 Å². The number of anilines is 1. The number of hydrogen-bond acceptors (Lipinski definition) is 7. The molecular weight excluding hydrogens is 526 g/mol. The molecule has 0 atom stereocenters. The van der Waals surface area contributed by atoms with E-state index in [9.17, 15) is 28.6 Å². The van der Waals surface area contributed by atoms with Crippen molar-refractivity contribution in [2.24, 2.45) is 0 Å². The van der Waals surface area contributed by atoms with Gasteiger partial charge in [-0.25, -0.2) is 0 Å². The maximum atomic E-state index is 12.5. The van der Waals surface area contributed by atoms with E-state index < -0.39 is 20.9 Å². The summed E-state index contributed by atoms with van der Waals surface area (Å²) in [5, 5.41) is 22.8. The number of carbonyl (C=O) groups is 1. The molecule has 0 radical (unpaired) electrons. The molecule has 3 aromatic carbocycles. The molecule has 0 saturated carbocycles. The molecule has 0 aliphatic carbocycles. The molecule has 0 spiro atoms. The van der Waals surface area contributed by atoms with Crippen LogP contribution in [0.1, 0.15) is 11.1 Å². The van der Waals surface area contributed by atoms with Gasteiger partial charge in [-0.05, 0) is 70.9 Å². The van der Waals surface area contributed by atoms with E-state index in [1.807, 2.05) is 25.1 Å². The summed E-state index contributed by atoms with van der Waals surface area (Å²) in [6, 6.07) is 17.5. The highest BCUT2D eigenvalue weighted by molar-refractivity contribution is 9.10. The number of hydrogen-bond donors (Lipinski definition) is 1. The molecule has 0 saturated heterocycles. The lowest BCUT2D eigenvalue weighted by molar-refractivity contribution is -0.384. The van der Waals surface area contributed by atoms with Gasteiger partial charge in [-0.1, -0.05) is 23.8 Å². The fourth-order valence-electron chi connectivity index (χ4n) is 2.73. The minimum atomic E-state index is -4.25. The van der Waals surface area contributed by atoms with Gasteiger partial charge in [0.05, 0.1) is 9.40 Å². The van der Waals surface area contributed by atoms with Gasteiger partial charge < -0.3 is 9.50 Å². The van der Waals surface area contributed by atoms with Crippen molar-refractivity contribution in [1.29, 1.82) is 5.26 Å². The highest BCUT2D eigenvalue weighted by atomic mass is 79.9. The summed E-state index contributed by atoms with van der Waals surface area (Å²) in [5.74, 6) is -0.637. The topological polar surface area (TPSA) is 139 Å². The van der Waals surface area contributed by atoms with Crippen LogP contribution in [0.5, 0.6) is 5.75 Å². The molecule has 9 nitrogen and oxygen atoms in total. The smallest absolute Gasteiger partial charge is 0.339 e. The molecule has 0 heterocycles. The quantitative estimate of drug-likeness (QED) is 0.146. The van der Waals surface area contributed by atoms with Crippen LogP contribution in [0.3, 0.4) is 0 Å². The van der Waals surface area contributed by atoms with Crippen molar-refractivity contribution in [3.05, 3.63) is 98.0 Å². The van der Waals surface area contributed by atoms with Crippen LogP contribution < -0.4 is 9.50 Å². The summed E-state index contributed by atoms with van der Waals surface area (Å²) >= 11 is 3.22. The molecule has 0 aliphatic heterocycles. The minimum Gasteiger partial charge on any atom is -0.378 e. The normalized spacial score (nSPS) is 11.4. The number of nitrogens with one attached hydrogen (secondary N) is 1. The van der Waals surface area contributed by atoms with E-state index in [0.717, 1.165) is 29.8 Å². The Morgan fingerprint density at radius 1 is 1.12 bits per heavy atom. The van der Waals surface area contributed by atoms with Crippen LogP contribution in [-0.2, 0) is 14.9 Å². The molecule has 1 amide bonds. The Labute approximate surface area is 203 Å². The van der Waals surface area contributed by atoms with Crippen molar-refractivity contribution in [1.82, 2.24) is 0 Å². The number of benzene rings is 3. The summed E-state index contributed by atoms with van der Waals surface area (Å²) in [6.07, 6.45) is 1.35. The van der Waals surface area contributed by atoms with Gasteiger partial charge in [0.1, 0.15) is 16.5 Å². The van der Waals surface area contributed by atoms with Crippen LogP contribution in [0.4, 0.5) is 11.4 Å². The Kier molecular flexibility index (Phi) is 7.45. The summed E-state index contributed by atoms with van der Waals surface area (Å²) < 4.78 is 30.4. The summed E-state index contributed by atoms with van der Waals surface area (Å²) in [5.41, 5.74) is 1.60. The number of nitro benzene ring substituents is 1. The maximum Gasteiger partial charge on any atom is 0.339 e. The van der Waals surface area contributed by atoms with Crippen LogP contribution in [-0.4, -0.2) is 19.2 Å². The molecular formula is C23H16BrN3O6S. The average molecular weight is 542 g/mol. The summed E-state index contributed by atoms with van der Waals surface area (Å²) in [7, 11) is -4.25. The number of amides is 1. The van der Waals surface area contributed by atoms with E-state index in [1.165, 1.54) is 24.3 Å². The molecule has 11 heteroatoms. The summed E-state index contributed by atoms with van der Waals surface area (Å²) in [4.78, 5) is 22.3. The van der Waals surface area contributed by atoms with Crippen molar-refractivity contribution < 1.29 is 22.3 Å². The van der Waals surface area contributed by atoms with E-state index >= 15 is 0 Å². The third-order valence-corrected chi connectivity index (χ3v) is 6.35. The van der Waals surface area contributed by atoms with Crippen LogP contribution in [0.2, 0.25) is 0 Å². The first-order valence-electron chi connectivity index (χ1n) is 9.57. The van der Waals surface area contributed by atoms with Gasteiger partial charge in [-0.2, -0.15) is 13.7 Å². The van der Waals surface area contributed by atoms with Crippen LogP contribution in [0, 0.1) is 28.4 Å². The standard InChI is InChI=1S/C23H16BrN3O6S/c1-15-2-5-18(6-3-15)26-23(28)17(14-25)12-16-4-11-22(21(24)13-16)33-34(31,32)20-9-7-19(8-10-20)27(29)30/h2-13H,1H3,(H,26,28)/b17-12-. The molecule has 3 aromatic rings. The second kappa shape index (κ2) is 10.3. The number of carbonyl (C=O) groups excluding carboxylic acids is 1. The number of halogens is 1. The predicted octanol–water partition coefficient (Wildman–Crippen LogP) is 4.98. The highest BCUT2D eigenvalue weighted by Gasteiger charge is 2.20. The Bertz CT molecular complexity index is 1430. The van der Waals surface area contributed by atoms with E-state index in [2.05, 4.69) is 21.2 Å². The molecule has 0 bridgehead atoms. The first kappa shape index (κ1) is 24.6. The molecule has 172 valence electrons. The van der Waals surface area contributed by atoms with Gasteiger partial charge in [0.15, 0.2) is 5.75 Å². The molecule has 3 rings (SSSR count). The van der Waals surface area contributed by atoms with Gasteiger partial charge in [0, 0.05) is 17.8 Å². The van der Waals surface area contributed by atoms with Crippen molar-refractivity contribution in [2.75, 3.05) is 5.32 Å².